The molecule has 21 heavy (non-hydrogen) atoms. The lowest BCUT2D eigenvalue weighted by atomic mass is 10.1. The number of rotatable bonds is 6. The summed E-state index contributed by atoms with van der Waals surface area (Å²) in [6.45, 7) is 2.17. The van der Waals surface area contributed by atoms with Crippen LogP contribution < -0.4 is 5.73 Å². The van der Waals surface area contributed by atoms with E-state index < -0.39 is 0 Å². The molecule has 0 spiro atoms. The van der Waals surface area contributed by atoms with Crippen molar-refractivity contribution in [3.05, 3.63) is 35.9 Å². The maximum absolute atomic E-state index is 12.7. The molecule has 0 aromatic heterocycles. The minimum atomic E-state index is 0. The van der Waals surface area contributed by atoms with E-state index in [-0.39, 0.29) is 12.4 Å². The topological polar surface area (TPSA) is 46.3 Å². The zero-order valence-electron chi connectivity index (χ0n) is 12.4. The minimum Gasteiger partial charge on any atom is -0.338 e. The summed E-state index contributed by atoms with van der Waals surface area (Å²) in [7, 11) is 0. The van der Waals surface area contributed by atoms with Gasteiger partial charge in [0.1, 0.15) is 0 Å². The van der Waals surface area contributed by atoms with E-state index in [2.05, 4.69) is 12.1 Å². The molecule has 2 unspecified atom stereocenters. The van der Waals surface area contributed by atoms with E-state index in [0.29, 0.717) is 30.2 Å². The summed E-state index contributed by atoms with van der Waals surface area (Å²) in [6.07, 6.45) is 4.73. The van der Waals surface area contributed by atoms with Crippen molar-refractivity contribution in [2.24, 2.45) is 23.5 Å². The van der Waals surface area contributed by atoms with Gasteiger partial charge in [-0.25, -0.2) is 0 Å². The zero-order chi connectivity index (χ0) is 13.9. The molecule has 0 saturated heterocycles. The number of carbonyl (C=O) groups excluding carboxylic acids is 1. The summed E-state index contributed by atoms with van der Waals surface area (Å²) in [5.74, 6) is 2.08. The molecule has 3 rings (SSSR count). The maximum Gasteiger partial charge on any atom is 0.226 e. The van der Waals surface area contributed by atoms with Crippen molar-refractivity contribution in [3.8, 4) is 0 Å². The molecule has 2 aliphatic carbocycles. The number of amides is 1. The molecule has 1 aromatic rings. The van der Waals surface area contributed by atoms with Gasteiger partial charge in [-0.05, 0) is 43.2 Å². The van der Waals surface area contributed by atoms with Crippen molar-refractivity contribution in [2.75, 3.05) is 13.1 Å². The van der Waals surface area contributed by atoms with Crippen LogP contribution in [0.2, 0.25) is 0 Å². The Labute approximate surface area is 133 Å². The largest absolute Gasteiger partial charge is 0.338 e. The van der Waals surface area contributed by atoms with Gasteiger partial charge in [0, 0.05) is 19.0 Å². The van der Waals surface area contributed by atoms with E-state index in [9.17, 15) is 4.79 Å². The number of nitrogens with zero attached hydrogens (tertiary/aromatic N) is 1. The first-order chi connectivity index (χ1) is 9.81. The SMILES string of the molecule is Cl.NCCCN(Cc1ccccc1)C(=O)C1C2CCCC21. The van der Waals surface area contributed by atoms with E-state index in [1.54, 1.807) is 0 Å². The van der Waals surface area contributed by atoms with E-state index in [1.165, 1.54) is 24.8 Å². The molecule has 0 radical (unpaired) electrons. The van der Waals surface area contributed by atoms with Crippen LogP contribution >= 0.6 is 12.4 Å². The molecule has 0 heterocycles. The quantitative estimate of drug-likeness (QED) is 0.878. The van der Waals surface area contributed by atoms with Crippen LogP contribution in [0, 0.1) is 17.8 Å². The van der Waals surface area contributed by atoms with Crippen molar-refractivity contribution >= 4 is 18.3 Å². The van der Waals surface area contributed by atoms with Crippen LogP contribution in [0.15, 0.2) is 30.3 Å². The number of halogens is 1. The fourth-order valence-corrected chi connectivity index (χ4v) is 3.75. The van der Waals surface area contributed by atoms with Gasteiger partial charge in [-0.15, -0.1) is 12.4 Å². The number of carbonyl (C=O) groups is 1. The predicted molar refractivity (Wildman–Crippen MR) is 87.1 cm³/mol. The zero-order valence-corrected chi connectivity index (χ0v) is 13.2. The van der Waals surface area contributed by atoms with Gasteiger partial charge in [0.25, 0.3) is 0 Å². The first-order valence-electron chi connectivity index (χ1n) is 7.84. The molecular weight excluding hydrogens is 284 g/mol. The van der Waals surface area contributed by atoms with Crippen molar-refractivity contribution < 1.29 is 4.79 Å². The van der Waals surface area contributed by atoms with Gasteiger partial charge >= 0.3 is 0 Å². The molecule has 4 heteroatoms. The lowest BCUT2D eigenvalue weighted by Crippen LogP contribution is -2.34. The van der Waals surface area contributed by atoms with E-state index in [4.69, 9.17) is 5.73 Å². The monoisotopic (exact) mass is 308 g/mol. The second-order valence-corrected chi connectivity index (χ2v) is 6.17. The third-order valence-corrected chi connectivity index (χ3v) is 4.85. The Morgan fingerprint density at radius 3 is 2.48 bits per heavy atom. The van der Waals surface area contributed by atoms with Crippen LogP contribution in [0.3, 0.4) is 0 Å². The molecule has 1 amide bonds. The second-order valence-electron chi connectivity index (χ2n) is 6.17. The molecule has 0 bridgehead atoms. The molecule has 2 atom stereocenters. The molecule has 116 valence electrons. The van der Waals surface area contributed by atoms with Gasteiger partial charge in [-0.3, -0.25) is 4.79 Å². The first-order valence-corrected chi connectivity index (χ1v) is 7.84. The van der Waals surface area contributed by atoms with Crippen molar-refractivity contribution in [2.45, 2.75) is 32.2 Å². The Morgan fingerprint density at radius 1 is 1.19 bits per heavy atom. The summed E-state index contributed by atoms with van der Waals surface area (Å²) in [5.41, 5.74) is 6.83. The first kappa shape index (κ1) is 16.3. The van der Waals surface area contributed by atoms with Crippen molar-refractivity contribution in [3.63, 3.8) is 0 Å². The predicted octanol–water partition coefficient (Wildman–Crippen LogP) is 2.83. The molecule has 2 aliphatic rings. The van der Waals surface area contributed by atoms with Crippen molar-refractivity contribution in [1.29, 1.82) is 0 Å². The van der Waals surface area contributed by atoms with Gasteiger partial charge in [-0.2, -0.15) is 0 Å². The Kier molecular flexibility index (Phi) is 5.65. The van der Waals surface area contributed by atoms with Crippen molar-refractivity contribution in [1.82, 2.24) is 4.90 Å². The highest BCUT2D eigenvalue weighted by molar-refractivity contribution is 5.85. The third kappa shape index (κ3) is 3.58. The molecule has 2 saturated carbocycles. The Balaban J connectivity index is 0.00000161. The van der Waals surface area contributed by atoms with Gasteiger partial charge in [0.05, 0.1) is 0 Å². The van der Waals surface area contributed by atoms with Gasteiger partial charge in [-0.1, -0.05) is 36.8 Å². The average molecular weight is 309 g/mol. The molecule has 2 N–H and O–H groups in total. The number of nitrogens with two attached hydrogens (primary N) is 1. The third-order valence-electron chi connectivity index (χ3n) is 4.85. The van der Waals surface area contributed by atoms with E-state index in [1.807, 2.05) is 23.1 Å². The van der Waals surface area contributed by atoms with E-state index >= 15 is 0 Å². The number of benzene rings is 1. The molecule has 1 aromatic carbocycles. The average Bonchev–Trinajstić information content (AvgIpc) is 2.96. The summed E-state index contributed by atoms with van der Waals surface area (Å²) < 4.78 is 0. The Morgan fingerprint density at radius 2 is 1.86 bits per heavy atom. The number of hydrogen-bond donors (Lipinski definition) is 1. The van der Waals surface area contributed by atoms with Crippen LogP contribution in [0.5, 0.6) is 0 Å². The highest BCUT2D eigenvalue weighted by atomic mass is 35.5. The Bertz CT molecular complexity index is 455. The van der Waals surface area contributed by atoms with Gasteiger partial charge < -0.3 is 10.6 Å². The van der Waals surface area contributed by atoms with Crippen LogP contribution in [0.1, 0.15) is 31.2 Å². The number of hydrogen-bond acceptors (Lipinski definition) is 2. The summed E-state index contributed by atoms with van der Waals surface area (Å²) in [6, 6.07) is 10.3. The smallest absolute Gasteiger partial charge is 0.226 e. The normalized spacial score (nSPS) is 25.9. The van der Waals surface area contributed by atoms with Crippen LogP contribution in [0.25, 0.3) is 0 Å². The van der Waals surface area contributed by atoms with Crippen LogP contribution in [-0.2, 0) is 11.3 Å². The summed E-state index contributed by atoms with van der Waals surface area (Å²) >= 11 is 0. The molecule has 0 aliphatic heterocycles. The molecular formula is C17H25ClN2O. The highest BCUT2D eigenvalue weighted by Crippen LogP contribution is 2.58. The summed E-state index contributed by atoms with van der Waals surface area (Å²) in [4.78, 5) is 14.7. The lowest BCUT2D eigenvalue weighted by Gasteiger charge is -2.23. The fraction of sp³-hybridized carbons (Fsp3) is 0.588. The maximum atomic E-state index is 12.7. The lowest BCUT2D eigenvalue weighted by molar-refractivity contribution is -0.134. The van der Waals surface area contributed by atoms with Gasteiger partial charge in [0.15, 0.2) is 0 Å². The number of fused-ring (bicyclic) bond motifs is 1. The summed E-state index contributed by atoms with van der Waals surface area (Å²) in [5, 5.41) is 0. The fourth-order valence-electron chi connectivity index (χ4n) is 3.75. The van der Waals surface area contributed by atoms with Crippen LogP contribution in [0.4, 0.5) is 0 Å². The molecule has 3 nitrogen and oxygen atoms in total. The van der Waals surface area contributed by atoms with Crippen LogP contribution in [-0.4, -0.2) is 23.9 Å². The second kappa shape index (κ2) is 7.28. The molecule has 2 fully saturated rings. The van der Waals surface area contributed by atoms with E-state index in [0.717, 1.165) is 19.5 Å². The standard InChI is InChI=1S/C17H24N2O.ClH/c18-10-5-11-19(12-13-6-2-1-3-7-13)17(20)16-14-8-4-9-15(14)16;/h1-3,6-7,14-16H,4-5,8-12,18H2;1H. The highest BCUT2D eigenvalue weighted by Gasteiger charge is 2.57. The minimum absolute atomic E-state index is 0. The Hall–Kier alpha value is -1.06. The van der Waals surface area contributed by atoms with Gasteiger partial charge in [0.2, 0.25) is 5.91 Å².